The summed E-state index contributed by atoms with van der Waals surface area (Å²) in [5.74, 6) is 0.000602. The van der Waals surface area contributed by atoms with Crippen molar-refractivity contribution >= 4 is 5.91 Å². The van der Waals surface area contributed by atoms with E-state index in [1.165, 1.54) is 19.3 Å². The fraction of sp³-hybridized carbons (Fsp3) is 0.923. The van der Waals surface area contributed by atoms with E-state index in [1.54, 1.807) is 0 Å². The Hall–Kier alpha value is -0.610. The monoisotopic (exact) mass is 244 g/mol. The zero-order valence-corrected chi connectivity index (χ0v) is 11.6. The molecule has 0 aromatic rings. The van der Waals surface area contributed by atoms with Crippen LogP contribution in [0, 0.1) is 0 Å². The van der Waals surface area contributed by atoms with E-state index in [9.17, 15) is 4.79 Å². The normalized spacial score (nSPS) is 10.8. The first-order chi connectivity index (χ1) is 8.20. The average Bonchev–Trinajstić information content (AvgIpc) is 2.34. The summed E-state index contributed by atoms with van der Waals surface area (Å²) in [7, 11) is 2.04. The lowest BCUT2D eigenvalue weighted by molar-refractivity contribution is -0.125. The summed E-state index contributed by atoms with van der Waals surface area (Å²) >= 11 is 0. The maximum atomic E-state index is 11.3. The molecule has 0 unspecified atom stereocenters. The number of hydrogen-bond acceptors (Lipinski definition) is 3. The Morgan fingerprint density at radius 1 is 1.24 bits per heavy atom. The molecule has 0 radical (unpaired) electrons. The summed E-state index contributed by atoms with van der Waals surface area (Å²) in [5.41, 5.74) is 0. The molecule has 4 nitrogen and oxygen atoms in total. The number of likely N-dealkylation sites (N-methyl/N-ethyl adjacent to an activating group) is 1. The van der Waals surface area contributed by atoms with Gasteiger partial charge in [-0.2, -0.15) is 0 Å². The van der Waals surface area contributed by atoms with Crippen molar-refractivity contribution in [1.82, 2.24) is 10.2 Å². The SMILES string of the molecule is CCCCCCNC(=O)COCCN(C)CC. The smallest absolute Gasteiger partial charge is 0.245 e. The fourth-order valence-electron chi connectivity index (χ4n) is 1.37. The average molecular weight is 244 g/mol. The molecule has 0 spiro atoms. The van der Waals surface area contributed by atoms with Gasteiger partial charge < -0.3 is 15.0 Å². The zero-order chi connectivity index (χ0) is 12.9. The van der Waals surface area contributed by atoms with Gasteiger partial charge in [0.15, 0.2) is 0 Å². The van der Waals surface area contributed by atoms with Gasteiger partial charge in [0.1, 0.15) is 6.61 Å². The molecule has 0 saturated carbocycles. The first-order valence-corrected chi connectivity index (χ1v) is 6.73. The molecule has 0 heterocycles. The Balaban J connectivity index is 3.23. The molecule has 102 valence electrons. The van der Waals surface area contributed by atoms with E-state index in [4.69, 9.17) is 4.74 Å². The van der Waals surface area contributed by atoms with Crippen LogP contribution >= 0.6 is 0 Å². The van der Waals surface area contributed by atoms with E-state index in [0.717, 1.165) is 26.1 Å². The van der Waals surface area contributed by atoms with Crippen LogP contribution in [0.2, 0.25) is 0 Å². The van der Waals surface area contributed by atoms with Gasteiger partial charge >= 0.3 is 0 Å². The quantitative estimate of drug-likeness (QED) is 0.562. The molecular formula is C13H28N2O2. The fourth-order valence-corrected chi connectivity index (χ4v) is 1.37. The van der Waals surface area contributed by atoms with Crippen molar-refractivity contribution < 1.29 is 9.53 Å². The van der Waals surface area contributed by atoms with Crippen molar-refractivity contribution in [3.05, 3.63) is 0 Å². The molecule has 1 N–H and O–H groups in total. The molecule has 0 atom stereocenters. The van der Waals surface area contributed by atoms with Gasteiger partial charge in [-0.3, -0.25) is 4.79 Å². The molecule has 1 amide bonds. The Kier molecular flexibility index (Phi) is 11.4. The highest BCUT2D eigenvalue weighted by Crippen LogP contribution is 1.96. The highest BCUT2D eigenvalue weighted by molar-refractivity contribution is 5.77. The zero-order valence-electron chi connectivity index (χ0n) is 11.6. The molecule has 0 rings (SSSR count). The van der Waals surface area contributed by atoms with Gasteiger partial charge in [0.25, 0.3) is 0 Å². The van der Waals surface area contributed by atoms with Crippen LogP contribution < -0.4 is 5.32 Å². The number of unbranched alkanes of at least 4 members (excludes halogenated alkanes) is 3. The topological polar surface area (TPSA) is 41.6 Å². The largest absolute Gasteiger partial charge is 0.370 e. The summed E-state index contributed by atoms with van der Waals surface area (Å²) in [5, 5.41) is 2.87. The Morgan fingerprint density at radius 3 is 2.65 bits per heavy atom. The number of carbonyl (C=O) groups is 1. The maximum absolute atomic E-state index is 11.3. The van der Waals surface area contributed by atoms with Crippen molar-refractivity contribution in [3.8, 4) is 0 Å². The third-order valence-electron chi connectivity index (χ3n) is 2.74. The molecule has 0 aliphatic carbocycles. The molecule has 0 aliphatic heterocycles. The van der Waals surface area contributed by atoms with E-state index in [0.29, 0.717) is 6.61 Å². The van der Waals surface area contributed by atoms with Gasteiger partial charge in [-0.25, -0.2) is 0 Å². The summed E-state index contributed by atoms with van der Waals surface area (Å²) in [4.78, 5) is 13.5. The molecule has 0 fully saturated rings. The predicted octanol–water partition coefficient (Wildman–Crippen LogP) is 1.65. The number of nitrogens with one attached hydrogen (secondary N) is 1. The van der Waals surface area contributed by atoms with E-state index in [2.05, 4.69) is 24.1 Å². The molecule has 17 heavy (non-hydrogen) atoms. The van der Waals surface area contributed by atoms with Crippen LogP contribution in [0.4, 0.5) is 0 Å². The van der Waals surface area contributed by atoms with Crippen LogP contribution in [0.15, 0.2) is 0 Å². The minimum Gasteiger partial charge on any atom is -0.370 e. The van der Waals surface area contributed by atoms with E-state index in [-0.39, 0.29) is 12.5 Å². The Labute approximate surface area is 106 Å². The van der Waals surface area contributed by atoms with Crippen molar-refractivity contribution in [2.24, 2.45) is 0 Å². The van der Waals surface area contributed by atoms with Crippen molar-refractivity contribution in [2.75, 3.05) is 39.9 Å². The number of nitrogens with zero attached hydrogens (tertiary/aromatic N) is 1. The van der Waals surface area contributed by atoms with Gasteiger partial charge in [0, 0.05) is 13.1 Å². The lowest BCUT2D eigenvalue weighted by atomic mass is 10.2. The molecule has 0 aromatic carbocycles. The number of ether oxygens (including phenoxy) is 1. The number of rotatable bonds is 11. The number of hydrogen-bond donors (Lipinski definition) is 1. The first kappa shape index (κ1) is 16.4. The van der Waals surface area contributed by atoms with Gasteiger partial charge in [0.2, 0.25) is 5.91 Å². The molecular weight excluding hydrogens is 216 g/mol. The third kappa shape index (κ3) is 11.6. The minimum atomic E-state index is 0.000602. The second-order valence-electron chi connectivity index (χ2n) is 4.36. The summed E-state index contributed by atoms with van der Waals surface area (Å²) in [6, 6.07) is 0. The highest BCUT2D eigenvalue weighted by Gasteiger charge is 2.01. The van der Waals surface area contributed by atoms with E-state index in [1.807, 2.05) is 7.05 Å². The highest BCUT2D eigenvalue weighted by atomic mass is 16.5. The van der Waals surface area contributed by atoms with Gasteiger partial charge in [0.05, 0.1) is 6.61 Å². The lowest BCUT2D eigenvalue weighted by Crippen LogP contribution is -2.30. The van der Waals surface area contributed by atoms with E-state index < -0.39 is 0 Å². The van der Waals surface area contributed by atoms with Crippen LogP contribution in [0.1, 0.15) is 39.5 Å². The van der Waals surface area contributed by atoms with Crippen LogP contribution in [0.5, 0.6) is 0 Å². The summed E-state index contributed by atoms with van der Waals surface area (Å²) < 4.78 is 5.29. The number of carbonyl (C=O) groups excluding carboxylic acids is 1. The first-order valence-electron chi connectivity index (χ1n) is 6.73. The summed E-state index contributed by atoms with van der Waals surface area (Å²) in [6.07, 6.45) is 4.73. The third-order valence-corrected chi connectivity index (χ3v) is 2.74. The van der Waals surface area contributed by atoms with Gasteiger partial charge in [-0.1, -0.05) is 33.1 Å². The molecule has 0 saturated heterocycles. The number of amides is 1. The van der Waals surface area contributed by atoms with E-state index >= 15 is 0 Å². The van der Waals surface area contributed by atoms with Crippen molar-refractivity contribution in [3.63, 3.8) is 0 Å². The lowest BCUT2D eigenvalue weighted by Gasteiger charge is -2.13. The standard InChI is InChI=1S/C13H28N2O2/c1-4-6-7-8-9-14-13(16)12-17-11-10-15(3)5-2/h4-12H2,1-3H3,(H,14,16). The van der Waals surface area contributed by atoms with Crippen molar-refractivity contribution in [2.45, 2.75) is 39.5 Å². The van der Waals surface area contributed by atoms with Gasteiger partial charge in [-0.15, -0.1) is 0 Å². The van der Waals surface area contributed by atoms with Crippen LogP contribution in [0.3, 0.4) is 0 Å². The second kappa shape index (κ2) is 11.9. The molecule has 4 heteroatoms. The molecule has 0 aliphatic rings. The minimum absolute atomic E-state index is 0.000602. The Morgan fingerprint density at radius 2 is 2.00 bits per heavy atom. The summed E-state index contributed by atoms with van der Waals surface area (Å²) in [6.45, 7) is 7.74. The van der Waals surface area contributed by atoms with Gasteiger partial charge in [-0.05, 0) is 20.0 Å². The maximum Gasteiger partial charge on any atom is 0.245 e. The van der Waals surface area contributed by atoms with Crippen LogP contribution in [-0.2, 0) is 9.53 Å². The predicted molar refractivity (Wildman–Crippen MR) is 71.1 cm³/mol. The van der Waals surface area contributed by atoms with Crippen molar-refractivity contribution in [1.29, 1.82) is 0 Å². The molecule has 0 aromatic heterocycles. The van der Waals surface area contributed by atoms with Crippen LogP contribution in [0.25, 0.3) is 0 Å². The van der Waals surface area contributed by atoms with Crippen LogP contribution in [-0.4, -0.2) is 50.7 Å². The Bertz CT molecular complexity index is 186. The molecule has 0 bridgehead atoms. The second-order valence-corrected chi connectivity index (χ2v) is 4.36.